The summed E-state index contributed by atoms with van der Waals surface area (Å²) >= 11 is 1.71. The first-order chi connectivity index (χ1) is 9.81. The summed E-state index contributed by atoms with van der Waals surface area (Å²) in [6, 6.07) is 6.11. The van der Waals surface area contributed by atoms with Gasteiger partial charge in [-0.25, -0.2) is 14.4 Å². The van der Waals surface area contributed by atoms with Gasteiger partial charge in [0, 0.05) is 10.9 Å². The number of fused-ring (bicyclic) bond motifs is 3. The molecule has 0 N–H and O–H groups in total. The Morgan fingerprint density at radius 3 is 3.05 bits per heavy atom. The third-order valence-corrected chi connectivity index (χ3v) is 4.68. The summed E-state index contributed by atoms with van der Waals surface area (Å²) in [7, 11) is 0. The van der Waals surface area contributed by atoms with Crippen LogP contribution in [0.2, 0.25) is 0 Å². The van der Waals surface area contributed by atoms with E-state index in [1.807, 2.05) is 0 Å². The molecule has 0 fully saturated rings. The van der Waals surface area contributed by atoms with Gasteiger partial charge in [-0.2, -0.15) is 0 Å². The van der Waals surface area contributed by atoms with Gasteiger partial charge in [0.25, 0.3) is 0 Å². The zero-order chi connectivity index (χ0) is 13.5. The van der Waals surface area contributed by atoms with Crippen LogP contribution in [-0.4, -0.2) is 9.97 Å². The quantitative estimate of drug-likeness (QED) is 0.711. The molecule has 4 rings (SSSR count). The number of hydrogen-bond donors (Lipinski definition) is 0. The molecule has 5 heteroatoms. The van der Waals surface area contributed by atoms with E-state index in [1.165, 1.54) is 35.3 Å². The molecular weight excluding hydrogens is 275 g/mol. The first-order valence-electron chi connectivity index (χ1n) is 6.50. The van der Waals surface area contributed by atoms with Crippen LogP contribution >= 0.6 is 11.3 Å². The minimum atomic E-state index is -0.316. The molecule has 100 valence electrons. The number of aryl methyl sites for hydroxylation is 2. The number of ether oxygens (including phenoxy) is 1. The highest BCUT2D eigenvalue weighted by molar-refractivity contribution is 7.18. The molecule has 3 aromatic rings. The monoisotopic (exact) mass is 286 g/mol. The van der Waals surface area contributed by atoms with Gasteiger partial charge < -0.3 is 4.74 Å². The minimum absolute atomic E-state index is 0.316. The molecular formula is C15H11FN2OS. The lowest BCUT2D eigenvalue weighted by molar-refractivity contribution is 0.463. The Bertz CT molecular complexity index is 800. The van der Waals surface area contributed by atoms with E-state index < -0.39 is 0 Å². The average Bonchev–Trinajstić information content (AvgIpc) is 2.99. The lowest BCUT2D eigenvalue weighted by atomic mass is 10.2. The highest BCUT2D eigenvalue weighted by atomic mass is 32.1. The third-order valence-electron chi connectivity index (χ3n) is 3.48. The Kier molecular flexibility index (Phi) is 2.67. The zero-order valence-electron chi connectivity index (χ0n) is 10.6. The summed E-state index contributed by atoms with van der Waals surface area (Å²) in [6.07, 6.45) is 4.83. The number of nitrogens with zero attached hydrogens (tertiary/aromatic N) is 2. The molecule has 3 nitrogen and oxygen atoms in total. The molecule has 0 unspecified atom stereocenters. The summed E-state index contributed by atoms with van der Waals surface area (Å²) in [4.78, 5) is 10.9. The summed E-state index contributed by atoms with van der Waals surface area (Å²) in [6.45, 7) is 0. The molecule has 0 bridgehead atoms. The molecule has 0 saturated heterocycles. The molecule has 0 radical (unpaired) electrons. The first kappa shape index (κ1) is 11.8. The van der Waals surface area contributed by atoms with Gasteiger partial charge in [-0.1, -0.05) is 6.07 Å². The van der Waals surface area contributed by atoms with E-state index in [-0.39, 0.29) is 5.82 Å². The van der Waals surface area contributed by atoms with Gasteiger partial charge in [0.05, 0.1) is 5.39 Å². The molecule has 1 aliphatic rings. The van der Waals surface area contributed by atoms with Crippen molar-refractivity contribution in [1.82, 2.24) is 9.97 Å². The third kappa shape index (κ3) is 1.86. The normalized spacial score (nSPS) is 13.7. The molecule has 20 heavy (non-hydrogen) atoms. The second-order valence-electron chi connectivity index (χ2n) is 4.78. The van der Waals surface area contributed by atoms with E-state index in [1.54, 1.807) is 23.5 Å². The fraction of sp³-hybridized carbons (Fsp3) is 0.200. The largest absolute Gasteiger partial charge is 0.438 e. The van der Waals surface area contributed by atoms with Crippen molar-refractivity contribution in [3.05, 3.63) is 46.9 Å². The molecule has 2 heterocycles. The van der Waals surface area contributed by atoms with Gasteiger partial charge in [-0.05, 0) is 37.0 Å². The Hall–Kier alpha value is -2.01. The number of benzene rings is 1. The van der Waals surface area contributed by atoms with Gasteiger partial charge >= 0.3 is 0 Å². The standard InChI is InChI=1S/C15H11FN2OS/c16-9-3-1-4-10(7-9)19-14-13-11-5-2-6-12(11)20-15(13)18-8-17-14/h1,3-4,7-8H,2,5-6H2. The minimum Gasteiger partial charge on any atom is -0.438 e. The van der Waals surface area contributed by atoms with Crippen LogP contribution in [0.3, 0.4) is 0 Å². The Morgan fingerprint density at radius 2 is 2.15 bits per heavy atom. The van der Waals surface area contributed by atoms with Crippen molar-refractivity contribution in [2.24, 2.45) is 0 Å². The van der Waals surface area contributed by atoms with Crippen molar-refractivity contribution < 1.29 is 9.13 Å². The summed E-state index contributed by atoms with van der Waals surface area (Å²) < 4.78 is 19.0. The Morgan fingerprint density at radius 1 is 1.20 bits per heavy atom. The number of hydrogen-bond acceptors (Lipinski definition) is 4. The van der Waals surface area contributed by atoms with Crippen molar-refractivity contribution in [2.75, 3.05) is 0 Å². The molecule has 1 aliphatic carbocycles. The van der Waals surface area contributed by atoms with Crippen LogP contribution in [0.5, 0.6) is 11.6 Å². The first-order valence-corrected chi connectivity index (χ1v) is 7.31. The molecule has 0 atom stereocenters. The van der Waals surface area contributed by atoms with E-state index in [0.29, 0.717) is 11.6 Å². The number of halogens is 1. The smallest absolute Gasteiger partial charge is 0.231 e. The predicted octanol–water partition coefficient (Wildman–Crippen LogP) is 4.11. The van der Waals surface area contributed by atoms with Crippen molar-refractivity contribution in [3.8, 4) is 11.6 Å². The maximum absolute atomic E-state index is 13.2. The maximum Gasteiger partial charge on any atom is 0.231 e. The van der Waals surface area contributed by atoms with Crippen LogP contribution in [0.4, 0.5) is 4.39 Å². The zero-order valence-corrected chi connectivity index (χ0v) is 11.4. The SMILES string of the molecule is Fc1cccc(Oc2ncnc3sc4c(c23)CCC4)c1. The van der Waals surface area contributed by atoms with E-state index in [0.717, 1.165) is 23.1 Å². The average molecular weight is 286 g/mol. The summed E-state index contributed by atoms with van der Waals surface area (Å²) in [5, 5.41) is 0.995. The summed E-state index contributed by atoms with van der Waals surface area (Å²) in [5.74, 6) is 0.672. The maximum atomic E-state index is 13.2. The Labute approximate surface area is 119 Å². The molecule has 0 saturated carbocycles. The van der Waals surface area contributed by atoms with Crippen LogP contribution in [0.1, 0.15) is 16.9 Å². The second-order valence-corrected chi connectivity index (χ2v) is 5.86. The highest BCUT2D eigenvalue weighted by Crippen LogP contribution is 2.40. The fourth-order valence-electron chi connectivity index (χ4n) is 2.62. The van der Waals surface area contributed by atoms with E-state index in [2.05, 4.69) is 9.97 Å². The van der Waals surface area contributed by atoms with Gasteiger partial charge in [-0.15, -0.1) is 11.3 Å². The van der Waals surface area contributed by atoms with Crippen molar-refractivity contribution in [2.45, 2.75) is 19.3 Å². The van der Waals surface area contributed by atoms with Crippen LogP contribution in [0.25, 0.3) is 10.2 Å². The van der Waals surface area contributed by atoms with E-state index in [9.17, 15) is 4.39 Å². The van der Waals surface area contributed by atoms with Crippen molar-refractivity contribution >= 4 is 21.6 Å². The number of aromatic nitrogens is 2. The topological polar surface area (TPSA) is 35.0 Å². The molecule has 0 aliphatic heterocycles. The number of rotatable bonds is 2. The van der Waals surface area contributed by atoms with Crippen LogP contribution < -0.4 is 4.74 Å². The van der Waals surface area contributed by atoms with Crippen molar-refractivity contribution in [1.29, 1.82) is 0 Å². The van der Waals surface area contributed by atoms with Crippen LogP contribution in [-0.2, 0) is 12.8 Å². The molecule has 1 aromatic carbocycles. The highest BCUT2D eigenvalue weighted by Gasteiger charge is 2.22. The molecule has 2 aromatic heterocycles. The second kappa shape index (κ2) is 4.52. The Balaban J connectivity index is 1.83. The predicted molar refractivity (Wildman–Crippen MR) is 75.9 cm³/mol. The number of thiophene rings is 1. The van der Waals surface area contributed by atoms with Crippen LogP contribution in [0, 0.1) is 5.82 Å². The fourth-order valence-corrected chi connectivity index (χ4v) is 3.84. The van der Waals surface area contributed by atoms with Crippen LogP contribution in [0.15, 0.2) is 30.6 Å². The molecule has 0 amide bonds. The van der Waals surface area contributed by atoms with E-state index >= 15 is 0 Å². The lowest BCUT2D eigenvalue weighted by Crippen LogP contribution is -1.91. The van der Waals surface area contributed by atoms with E-state index in [4.69, 9.17) is 4.74 Å². The van der Waals surface area contributed by atoms with Crippen molar-refractivity contribution in [3.63, 3.8) is 0 Å². The molecule has 0 spiro atoms. The van der Waals surface area contributed by atoms with Gasteiger partial charge in [0.1, 0.15) is 22.7 Å². The van der Waals surface area contributed by atoms with Gasteiger partial charge in [-0.3, -0.25) is 0 Å². The lowest BCUT2D eigenvalue weighted by Gasteiger charge is -2.06. The summed E-state index contributed by atoms with van der Waals surface area (Å²) in [5.41, 5.74) is 1.30. The van der Waals surface area contributed by atoms with Gasteiger partial charge in [0.2, 0.25) is 5.88 Å². The van der Waals surface area contributed by atoms with Gasteiger partial charge in [0.15, 0.2) is 0 Å².